The Morgan fingerprint density at radius 1 is 0.969 bits per heavy atom. The molecule has 1 heterocycles. The normalized spacial score (nSPS) is 15.4. The van der Waals surface area contributed by atoms with Crippen molar-refractivity contribution in [3.8, 4) is 11.5 Å². The van der Waals surface area contributed by atoms with Crippen LogP contribution in [0.5, 0.6) is 11.5 Å². The van der Waals surface area contributed by atoms with Crippen molar-refractivity contribution in [2.45, 2.75) is 30.3 Å². The number of sulfonamides is 1. The van der Waals surface area contributed by atoms with Gasteiger partial charge in [0.15, 0.2) is 0 Å². The molecule has 0 saturated carbocycles. The van der Waals surface area contributed by atoms with E-state index in [0.29, 0.717) is 12.3 Å². The highest BCUT2D eigenvalue weighted by atomic mass is 32.2. The third kappa shape index (κ3) is 6.02. The van der Waals surface area contributed by atoms with E-state index in [2.05, 4.69) is 10.0 Å². The van der Waals surface area contributed by atoms with Crippen molar-refractivity contribution in [2.75, 3.05) is 24.4 Å². The zero-order valence-corrected chi connectivity index (χ0v) is 18.7. The molecule has 0 saturated heterocycles. The molecule has 3 aromatic rings. The van der Waals surface area contributed by atoms with Crippen LogP contribution in [0.15, 0.2) is 83.8 Å². The third-order valence-electron chi connectivity index (χ3n) is 5.28. The van der Waals surface area contributed by atoms with Gasteiger partial charge in [0.2, 0.25) is 0 Å². The van der Waals surface area contributed by atoms with Crippen molar-refractivity contribution >= 4 is 15.7 Å². The molecule has 1 atom stereocenters. The average molecular weight is 453 g/mol. The van der Waals surface area contributed by atoms with E-state index in [1.807, 2.05) is 36.4 Å². The Labute approximate surface area is 189 Å². The minimum atomic E-state index is -3.63. The highest BCUT2D eigenvalue weighted by molar-refractivity contribution is 7.92. The summed E-state index contributed by atoms with van der Waals surface area (Å²) in [6, 6.07) is 23.6. The van der Waals surface area contributed by atoms with Crippen LogP contribution in [0.1, 0.15) is 18.4 Å². The van der Waals surface area contributed by atoms with Gasteiger partial charge in [-0.05, 0) is 61.7 Å². The van der Waals surface area contributed by atoms with E-state index in [0.717, 1.165) is 49.4 Å². The van der Waals surface area contributed by atoms with E-state index < -0.39 is 10.0 Å². The molecule has 7 heteroatoms. The molecule has 6 nitrogen and oxygen atoms in total. The molecule has 1 unspecified atom stereocenters. The van der Waals surface area contributed by atoms with Gasteiger partial charge >= 0.3 is 0 Å². The molecule has 0 spiro atoms. The van der Waals surface area contributed by atoms with Crippen molar-refractivity contribution in [2.24, 2.45) is 0 Å². The second-order valence-corrected chi connectivity index (χ2v) is 9.42. The topological polar surface area (TPSA) is 76.7 Å². The van der Waals surface area contributed by atoms with Crippen LogP contribution >= 0.6 is 0 Å². The maximum Gasteiger partial charge on any atom is 0.261 e. The number of aryl methyl sites for hydroxylation is 1. The molecule has 4 rings (SSSR count). The largest absolute Gasteiger partial charge is 0.494 e. The minimum absolute atomic E-state index is 0.0542. The summed E-state index contributed by atoms with van der Waals surface area (Å²) in [6.45, 7) is 2.25. The summed E-state index contributed by atoms with van der Waals surface area (Å²) in [5.41, 5.74) is 1.60. The zero-order valence-electron chi connectivity index (χ0n) is 17.9. The summed E-state index contributed by atoms with van der Waals surface area (Å²) < 4.78 is 39.6. The first-order valence-corrected chi connectivity index (χ1v) is 12.3. The summed E-state index contributed by atoms with van der Waals surface area (Å²) in [5, 5.41) is 3.43. The molecule has 1 aliphatic heterocycles. The summed E-state index contributed by atoms with van der Waals surface area (Å²) in [7, 11) is -3.63. The fourth-order valence-electron chi connectivity index (χ4n) is 3.61. The van der Waals surface area contributed by atoms with Gasteiger partial charge in [0, 0.05) is 12.6 Å². The Balaban J connectivity index is 1.25. The molecule has 0 aliphatic carbocycles. The molecule has 0 aromatic heterocycles. The molecular formula is C25H28N2O4S. The predicted molar refractivity (Wildman–Crippen MR) is 126 cm³/mol. The van der Waals surface area contributed by atoms with E-state index >= 15 is 0 Å². The molecule has 0 fully saturated rings. The Morgan fingerprint density at radius 2 is 1.72 bits per heavy atom. The van der Waals surface area contributed by atoms with Gasteiger partial charge in [0.05, 0.1) is 17.2 Å². The number of hydrogen-bond acceptors (Lipinski definition) is 5. The SMILES string of the molecule is O=S(=O)(Nc1ccc2c(c1)OC(CNCCCOc1ccccc1)CC2)c1ccccc1. The van der Waals surface area contributed by atoms with E-state index in [-0.39, 0.29) is 11.0 Å². The van der Waals surface area contributed by atoms with Gasteiger partial charge < -0.3 is 14.8 Å². The van der Waals surface area contributed by atoms with Crippen LogP contribution in [0.3, 0.4) is 0 Å². The van der Waals surface area contributed by atoms with E-state index in [9.17, 15) is 8.42 Å². The molecule has 0 bridgehead atoms. The van der Waals surface area contributed by atoms with Crippen molar-refractivity contribution in [1.29, 1.82) is 0 Å². The van der Waals surface area contributed by atoms with Crippen LogP contribution in [0.4, 0.5) is 5.69 Å². The fraction of sp³-hybridized carbons (Fsp3) is 0.280. The Morgan fingerprint density at radius 3 is 2.50 bits per heavy atom. The fourth-order valence-corrected chi connectivity index (χ4v) is 4.68. The van der Waals surface area contributed by atoms with Gasteiger partial charge in [-0.1, -0.05) is 42.5 Å². The monoisotopic (exact) mass is 452 g/mol. The average Bonchev–Trinajstić information content (AvgIpc) is 2.82. The summed E-state index contributed by atoms with van der Waals surface area (Å²) >= 11 is 0. The molecule has 3 aromatic carbocycles. The number of nitrogens with one attached hydrogen (secondary N) is 2. The van der Waals surface area contributed by atoms with Crippen LogP contribution in [-0.2, 0) is 16.4 Å². The second kappa shape index (κ2) is 10.5. The first-order valence-electron chi connectivity index (χ1n) is 10.9. The Bertz CT molecular complexity index is 1110. The first-order chi connectivity index (χ1) is 15.6. The Hall–Kier alpha value is -3.03. The van der Waals surface area contributed by atoms with Crippen LogP contribution < -0.4 is 19.5 Å². The summed E-state index contributed by atoms with van der Waals surface area (Å²) in [4.78, 5) is 0.233. The summed E-state index contributed by atoms with van der Waals surface area (Å²) in [5.74, 6) is 1.63. The maximum atomic E-state index is 12.6. The van der Waals surface area contributed by atoms with Crippen LogP contribution in [0.25, 0.3) is 0 Å². The smallest absolute Gasteiger partial charge is 0.261 e. The first kappa shape index (κ1) is 22.2. The quantitative estimate of drug-likeness (QED) is 0.450. The second-order valence-electron chi connectivity index (χ2n) is 7.74. The lowest BCUT2D eigenvalue weighted by Crippen LogP contribution is -2.35. The number of fused-ring (bicyclic) bond motifs is 1. The standard InChI is InChI=1S/C25H28N2O4S/c28-32(29,24-10-5-2-6-11-24)27-21-14-12-20-13-15-23(31-25(20)18-21)19-26-16-7-17-30-22-8-3-1-4-9-22/h1-6,8-12,14,18,23,26-27H,7,13,15-17,19H2. The van der Waals surface area contributed by atoms with Gasteiger partial charge in [-0.15, -0.1) is 0 Å². The van der Waals surface area contributed by atoms with E-state index in [4.69, 9.17) is 9.47 Å². The van der Waals surface area contributed by atoms with Crippen LogP contribution in [0.2, 0.25) is 0 Å². The maximum absolute atomic E-state index is 12.6. The number of ether oxygens (including phenoxy) is 2. The van der Waals surface area contributed by atoms with E-state index in [1.54, 1.807) is 42.5 Å². The predicted octanol–water partition coefficient (Wildman–Crippen LogP) is 4.24. The number of hydrogen-bond donors (Lipinski definition) is 2. The number of rotatable bonds is 10. The molecule has 32 heavy (non-hydrogen) atoms. The van der Waals surface area contributed by atoms with Gasteiger partial charge in [-0.2, -0.15) is 0 Å². The molecular weight excluding hydrogens is 424 g/mol. The lowest BCUT2D eigenvalue weighted by molar-refractivity contribution is 0.170. The lowest BCUT2D eigenvalue weighted by Gasteiger charge is -2.27. The molecule has 2 N–H and O–H groups in total. The third-order valence-corrected chi connectivity index (χ3v) is 6.68. The van der Waals surface area contributed by atoms with Crippen molar-refractivity contribution in [1.82, 2.24) is 5.32 Å². The Kier molecular flexibility index (Phi) is 7.29. The van der Waals surface area contributed by atoms with Crippen LogP contribution in [-0.4, -0.2) is 34.2 Å². The van der Waals surface area contributed by atoms with Gasteiger partial charge in [0.25, 0.3) is 10.0 Å². The highest BCUT2D eigenvalue weighted by Crippen LogP contribution is 2.31. The molecule has 1 aliphatic rings. The highest BCUT2D eigenvalue weighted by Gasteiger charge is 2.21. The van der Waals surface area contributed by atoms with Gasteiger partial charge in [-0.25, -0.2) is 8.42 Å². The number of para-hydroxylation sites is 1. The van der Waals surface area contributed by atoms with Crippen molar-refractivity contribution in [3.63, 3.8) is 0 Å². The summed E-state index contributed by atoms with van der Waals surface area (Å²) in [6.07, 6.45) is 2.79. The van der Waals surface area contributed by atoms with Crippen molar-refractivity contribution < 1.29 is 17.9 Å². The van der Waals surface area contributed by atoms with Crippen molar-refractivity contribution in [3.05, 3.63) is 84.4 Å². The van der Waals surface area contributed by atoms with Gasteiger partial charge in [0.1, 0.15) is 17.6 Å². The molecule has 0 amide bonds. The lowest BCUT2D eigenvalue weighted by atomic mass is 10.0. The minimum Gasteiger partial charge on any atom is -0.494 e. The number of anilines is 1. The molecule has 168 valence electrons. The van der Waals surface area contributed by atoms with E-state index in [1.165, 1.54) is 0 Å². The van der Waals surface area contributed by atoms with Gasteiger partial charge in [-0.3, -0.25) is 4.72 Å². The zero-order chi connectivity index (χ0) is 22.2. The van der Waals surface area contributed by atoms with Crippen LogP contribution in [0, 0.1) is 0 Å². The number of benzene rings is 3. The molecule has 0 radical (unpaired) electrons.